The van der Waals surface area contributed by atoms with E-state index < -0.39 is 0 Å². The second-order valence-corrected chi connectivity index (χ2v) is 8.73. The van der Waals surface area contributed by atoms with Gasteiger partial charge in [-0.25, -0.2) is 9.31 Å². The largest absolute Gasteiger partial charge is 0.450 e. The predicted molar refractivity (Wildman–Crippen MR) is 129 cm³/mol. The van der Waals surface area contributed by atoms with E-state index in [1.807, 2.05) is 12.1 Å². The second kappa shape index (κ2) is 10.1. The van der Waals surface area contributed by atoms with Crippen LogP contribution in [0.5, 0.6) is 0 Å². The van der Waals surface area contributed by atoms with E-state index >= 15 is 0 Å². The lowest BCUT2D eigenvalue weighted by Crippen LogP contribution is -2.46. The van der Waals surface area contributed by atoms with E-state index in [0.717, 1.165) is 11.3 Å². The van der Waals surface area contributed by atoms with Crippen molar-refractivity contribution >= 4 is 17.5 Å². The van der Waals surface area contributed by atoms with E-state index in [2.05, 4.69) is 30.3 Å². The summed E-state index contributed by atoms with van der Waals surface area (Å²) in [6, 6.07) is 7.93. The number of carbonyl (C=O) groups is 2. The highest BCUT2D eigenvalue weighted by molar-refractivity contribution is 5.76. The van der Waals surface area contributed by atoms with Crippen LogP contribution in [0.25, 0.3) is 16.8 Å². The normalized spacial score (nSPS) is 14.4. The molecular weight excluding hydrogens is 434 g/mol. The summed E-state index contributed by atoms with van der Waals surface area (Å²) in [4.78, 5) is 38.9. The maximum atomic E-state index is 13.0. The molecule has 0 radical (unpaired) electrons. The lowest BCUT2D eigenvalue weighted by molar-refractivity contribution is -0.122. The van der Waals surface area contributed by atoms with Crippen LogP contribution in [-0.2, 0) is 16.1 Å². The molecule has 1 saturated heterocycles. The maximum absolute atomic E-state index is 13.0. The summed E-state index contributed by atoms with van der Waals surface area (Å²) >= 11 is 0. The predicted octanol–water partition coefficient (Wildman–Crippen LogP) is 2.91. The molecule has 0 unspecified atom stereocenters. The number of aryl methyl sites for hydroxylation is 3. The van der Waals surface area contributed by atoms with Crippen molar-refractivity contribution in [2.45, 2.75) is 52.6 Å². The summed E-state index contributed by atoms with van der Waals surface area (Å²) in [5.41, 5.74) is 4.38. The summed E-state index contributed by atoms with van der Waals surface area (Å²) < 4.78 is 8.15. The summed E-state index contributed by atoms with van der Waals surface area (Å²) in [5, 5.41) is 7.57. The molecule has 1 aliphatic rings. The van der Waals surface area contributed by atoms with Gasteiger partial charge in [-0.05, 0) is 56.9 Å². The molecule has 0 spiro atoms. The molecule has 0 aliphatic carbocycles. The molecule has 9 heteroatoms. The van der Waals surface area contributed by atoms with Crippen LogP contribution >= 0.6 is 0 Å². The van der Waals surface area contributed by atoms with E-state index in [1.54, 1.807) is 39.4 Å². The zero-order valence-corrected chi connectivity index (χ0v) is 19.9. The first-order valence-corrected chi connectivity index (χ1v) is 11.7. The standard InChI is InChI=1S/C25H31N5O4/c1-4-34-25(33)29-10-7-20(8-11-29)26-23(31)9-12-28-13-14-30-22(24(28)32)16-21(27-30)19-6-5-17(2)18(3)15-19/h5-6,13-16,20H,4,7-12H2,1-3H3,(H,26,31). The van der Waals surface area contributed by atoms with Gasteiger partial charge in [-0.1, -0.05) is 12.1 Å². The summed E-state index contributed by atoms with van der Waals surface area (Å²) in [7, 11) is 0. The number of piperidine rings is 1. The molecule has 4 rings (SSSR count). The first kappa shape index (κ1) is 23.5. The molecule has 0 saturated carbocycles. The van der Waals surface area contributed by atoms with E-state index in [4.69, 9.17) is 4.74 Å². The summed E-state index contributed by atoms with van der Waals surface area (Å²) in [6.07, 6.45) is 4.68. The van der Waals surface area contributed by atoms with Gasteiger partial charge in [0.15, 0.2) is 0 Å². The number of nitrogens with one attached hydrogen (secondary N) is 1. The summed E-state index contributed by atoms with van der Waals surface area (Å²) in [5.74, 6) is -0.106. The molecule has 9 nitrogen and oxygen atoms in total. The molecule has 2 amide bonds. The molecule has 1 aliphatic heterocycles. The topological polar surface area (TPSA) is 97.9 Å². The van der Waals surface area contributed by atoms with Crippen molar-refractivity contribution in [2.24, 2.45) is 0 Å². The average molecular weight is 466 g/mol. The highest BCUT2D eigenvalue weighted by Gasteiger charge is 2.24. The van der Waals surface area contributed by atoms with Gasteiger partial charge in [-0.3, -0.25) is 9.59 Å². The van der Waals surface area contributed by atoms with Gasteiger partial charge in [-0.15, -0.1) is 0 Å². The lowest BCUT2D eigenvalue weighted by atomic mass is 10.0. The summed E-state index contributed by atoms with van der Waals surface area (Å²) in [6.45, 7) is 7.65. The third-order valence-corrected chi connectivity index (χ3v) is 6.37. The molecule has 1 N–H and O–H groups in total. The molecule has 3 aromatic rings. The fraction of sp³-hybridized carbons (Fsp3) is 0.440. The van der Waals surface area contributed by atoms with Crippen LogP contribution in [0.4, 0.5) is 4.79 Å². The van der Waals surface area contributed by atoms with Gasteiger partial charge in [0.1, 0.15) is 5.52 Å². The SMILES string of the molecule is CCOC(=O)N1CCC(NC(=O)CCn2ccn3nc(-c4ccc(C)c(C)c4)cc3c2=O)CC1. The zero-order chi connectivity index (χ0) is 24.2. The highest BCUT2D eigenvalue weighted by atomic mass is 16.6. The van der Waals surface area contributed by atoms with Crippen molar-refractivity contribution in [3.63, 3.8) is 0 Å². The molecule has 1 aromatic carbocycles. The third-order valence-electron chi connectivity index (χ3n) is 6.37. The Morgan fingerprint density at radius 3 is 2.59 bits per heavy atom. The number of nitrogens with zero attached hydrogens (tertiary/aromatic N) is 4. The van der Waals surface area contributed by atoms with Crippen molar-refractivity contribution in [3.8, 4) is 11.3 Å². The van der Waals surface area contributed by atoms with Crippen molar-refractivity contribution in [3.05, 3.63) is 58.1 Å². The van der Waals surface area contributed by atoms with Gasteiger partial charge >= 0.3 is 6.09 Å². The number of fused-ring (bicyclic) bond motifs is 1. The van der Waals surface area contributed by atoms with Gasteiger partial charge in [-0.2, -0.15) is 5.10 Å². The van der Waals surface area contributed by atoms with Gasteiger partial charge in [0.05, 0.1) is 12.3 Å². The van der Waals surface area contributed by atoms with Gasteiger partial charge in [0.2, 0.25) is 5.91 Å². The van der Waals surface area contributed by atoms with Crippen LogP contribution < -0.4 is 10.9 Å². The molecule has 3 heterocycles. The number of rotatable bonds is 6. The number of carbonyl (C=O) groups excluding carboxylic acids is 2. The van der Waals surface area contributed by atoms with Crippen LogP contribution in [-0.4, -0.2) is 56.8 Å². The molecule has 0 bridgehead atoms. The fourth-order valence-electron chi connectivity index (χ4n) is 4.19. The smallest absolute Gasteiger partial charge is 0.409 e. The molecular formula is C25H31N5O4. The van der Waals surface area contributed by atoms with Crippen molar-refractivity contribution in [1.29, 1.82) is 0 Å². The highest BCUT2D eigenvalue weighted by Crippen LogP contribution is 2.21. The molecule has 180 valence electrons. The van der Waals surface area contributed by atoms with Gasteiger partial charge in [0, 0.05) is 50.1 Å². The minimum Gasteiger partial charge on any atom is -0.450 e. The van der Waals surface area contributed by atoms with E-state index in [0.29, 0.717) is 38.1 Å². The van der Waals surface area contributed by atoms with E-state index in [1.165, 1.54) is 11.1 Å². The van der Waals surface area contributed by atoms with Gasteiger partial charge in [0.25, 0.3) is 5.56 Å². The molecule has 34 heavy (non-hydrogen) atoms. The fourth-order valence-corrected chi connectivity index (χ4v) is 4.19. The molecule has 2 aromatic heterocycles. The Labute approximate surface area is 198 Å². The van der Waals surface area contributed by atoms with Crippen LogP contribution in [0, 0.1) is 13.8 Å². The Morgan fingerprint density at radius 2 is 1.88 bits per heavy atom. The van der Waals surface area contributed by atoms with Crippen LogP contribution in [0.15, 0.2) is 41.5 Å². The van der Waals surface area contributed by atoms with Crippen LogP contribution in [0.1, 0.15) is 37.3 Å². The van der Waals surface area contributed by atoms with Gasteiger partial charge < -0.3 is 19.5 Å². The Hall–Kier alpha value is -3.62. The van der Waals surface area contributed by atoms with Crippen molar-refractivity contribution in [1.82, 2.24) is 24.4 Å². The Balaban J connectivity index is 1.36. The minimum absolute atomic E-state index is 0.0210. The Kier molecular flexibility index (Phi) is 7.00. The third kappa shape index (κ3) is 5.13. The number of likely N-dealkylation sites (tertiary alicyclic amines) is 1. The number of amides is 2. The number of ether oxygens (including phenoxy) is 1. The van der Waals surface area contributed by atoms with Crippen molar-refractivity contribution in [2.75, 3.05) is 19.7 Å². The number of benzene rings is 1. The lowest BCUT2D eigenvalue weighted by Gasteiger charge is -2.31. The molecule has 0 atom stereocenters. The van der Waals surface area contributed by atoms with Crippen LogP contribution in [0.2, 0.25) is 0 Å². The van der Waals surface area contributed by atoms with Crippen LogP contribution in [0.3, 0.4) is 0 Å². The van der Waals surface area contributed by atoms with Crippen molar-refractivity contribution < 1.29 is 14.3 Å². The second-order valence-electron chi connectivity index (χ2n) is 8.73. The first-order chi connectivity index (χ1) is 16.4. The zero-order valence-electron chi connectivity index (χ0n) is 19.9. The number of hydrogen-bond acceptors (Lipinski definition) is 5. The van der Waals surface area contributed by atoms with E-state index in [-0.39, 0.29) is 36.6 Å². The van der Waals surface area contributed by atoms with E-state index in [9.17, 15) is 14.4 Å². The Morgan fingerprint density at radius 1 is 1.12 bits per heavy atom. The first-order valence-electron chi connectivity index (χ1n) is 11.7. The molecule has 1 fully saturated rings. The minimum atomic E-state index is -0.303. The maximum Gasteiger partial charge on any atom is 0.409 e. The monoisotopic (exact) mass is 465 g/mol. The average Bonchev–Trinajstić information content (AvgIpc) is 3.26. The Bertz CT molecular complexity index is 1250. The number of hydrogen-bond donors (Lipinski definition) is 1. The number of aromatic nitrogens is 3. The quantitative estimate of drug-likeness (QED) is 0.604.